The van der Waals surface area contributed by atoms with E-state index in [4.69, 9.17) is 4.74 Å². The Kier molecular flexibility index (Phi) is 5.11. The van der Waals surface area contributed by atoms with E-state index in [9.17, 15) is 19.7 Å². The Labute approximate surface area is 135 Å². The van der Waals surface area contributed by atoms with Gasteiger partial charge in [-0.1, -0.05) is 0 Å². The third-order valence-corrected chi connectivity index (χ3v) is 4.38. The van der Waals surface area contributed by atoms with Crippen LogP contribution in [0.4, 0.5) is 4.79 Å². The zero-order valence-corrected chi connectivity index (χ0v) is 13.9. The predicted molar refractivity (Wildman–Crippen MR) is 82.5 cm³/mol. The van der Waals surface area contributed by atoms with E-state index in [0.717, 1.165) is 0 Å². The number of piperidine rings is 2. The summed E-state index contributed by atoms with van der Waals surface area (Å²) >= 11 is 0. The van der Waals surface area contributed by atoms with Crippen LogP contribution in [0.25, 0.3) is 0 Å². The highest BCUT2D eigenvalue weighted by molar-refractivity contribution is 5.77. The molecule has 0 unspecified atom stereocenters. The average molecular weight is 327 g/mol. The second kappa shape index (κ2) is 6.72. The standard InChI is InChI=1S/C15H25N3O5/c1-15(2,3)23-14(20)17-8-6-10(7-9-17)13-11(18(21)22)4-5-12(19)16-13/h10-11,13H,4-9H2,1-3H3,(H,16,19)/t11-,13-/m1/s1. The number of amides is 2. The number of nitrogens with one attached hydrogen (secondary N) is 1. The highest BCUT2D eigenvalue weighted by Gasteiger charge is 2.43. The van der Waals surface area contributed by atoms with Gasteiger partial charge in [-0.15, -0.1) is 0 Å². The first kappa shape index (κ1) is 17.5. The molecule has 1 N–H and O–H groups in total. The second-order valence-electron chi connectivity index (χ2n) is 7.29. The van der Waals surface area contributed by atoms with Crippen molar-refractivity contribution in [2.45, 2.75) is 64.1 Å². The van der Waals surface area contributed by atoms with Gasteiger partial charge >= 0.3 is 6.09 Å². The van der Waals surface area contributed by atoms with Gasteiger partial charge in [0.1, 0.15) is 5.60 Å². The van der Waals surface area contributed by atoms with Gasteiger partial charge in [0.05, 0.1) is 6.04 Å². The van der Waals surface area contributed by atoms with Gasteiger partial charge < -0.3 is 15.0 Å². The molecule has 2 fully saturated rings. The van der Waals surface area contributed by atoms with Crippen LogP contribution < -0.4 is 5.32 Å². The van der Waals surface area contributed by atoms with Gasteiger partial charge in [-0.2, -0.15) is 0 Å². The fourth-order valence-electron chi connectivity index (χ4n) is 3.25. The number of carbonyl (C=O) groups is 2. The smallest absolute Gasteiger partial charge is 0.410 e. The van der Waals surface area contributed by atoms with Crippen molar-refractivity contribution in [3.05, 3.63) is 10.1 Å². The third-order valence-electron chi connectivity index (χ3n) is 4.38. The molecule has 2 heterocycles. The molecule has 2 atom stereocenters. The third kappa shape index (κ3) is 4.56. The Morgan fingerprint density at radius 1 is 1.30 bits per heavy atom. The van der Waals surface area contributed by atoms with Crippen molar-refractivity contribution in [3.8, 4) is 0 Å². The minimum Gasteiger partial charge on any atom is -0.444 e. The molecular formula is C15H25N3O5. The van der Waals surface area contributed by atoms with Crippen LogP contribution in [0, 0.1) is 16.0 Å². The minimum absolute atomic E-state index is 0.0216. The maximum Gasteiger partial charge on any atom is 0.410 e. The summed E-state index contributed by atoms with van der Waals surface area (Å²) in [4.78, 5) is 36.2. The predicted octanol–water partition coefficient (Wildman–Crippen LogP) is 1.56. The summed E-state index contributed by atoms with van der Waals surface area (Å²) in [6, 6.07) is -1.17. The van der Waals surface area contributed by atoms with Crippen molar-refractivity contribution in [1.29, 1.82) is 0 Å². The van der Waals surface area contributed by atoms with Gasteiger partial charge in [0.15, 0.2) is 0 Å². The van der Waals surface area contributed by atoms with Crippen LogP contribution in [0.2, 0.25) is 0 Å². The Bertz CT molecular complexity index is 480. The van der Waals surface area contributed by atoms with Crippen LogP contribution in [0.3, 0.4) is 0 Å². The lowest BCUT2D eigenvalue weighted by Crippen LogP contribution is -2.57. The normalized spacial score (nSPS) is 26.6. The first-order valence-electron chi connectivity index (χ1n) is 8.08. The Balaban J connectivity index is 1.93. The van der Waals surface area contributed by atoms with Gasteiger partial charge in [0.25, 0.3) is 0 Å². The number of carbonyl (C=O) groups excluding carboxylic acids is 2. The Morgan fingerprint density at radius 3 is 2.43 bits per heavy atom. The molecule has 0 aromatic rings. The van der Waals surface area contributed by atoms with E-state index in [-0.39, 0.29) is 35.7 Å². The van der Waals surface area contributed by atoms with Crippen LogP contribution in [0.5, 0.6) is 0 Å². The van der Waals surface area contributed by atoms with E-state index >= 15 is 0 Å². The van der Waals surface area contributed by atoms with Crippen LogP contribution in [-0.4, -0.2) is 52.6 Å². The number of hydrogen-bond acceptors (Lipinski definition) is 5. The van der Waals surface area contributed by atoms with Crippen LogP contribution in [-0.2, 0) is 9.53 Å². The summed E-state index contributed by atoms with van der Waals surface area (Å²) in [5.41, 5.74) is -0.540. The number of nitro groups is 1. The summed E-state index contributed by atoms with van der Waals surface area (Å²) in [5.74, 6) is -0.101. The molecule has 8 nitrogen and oxygen atoms in total. The van der Waals surface area contributed by atoms with Crippen molar-refractivity contribution in [1.82, 2.24) is 10.2 Å². The molecule has 23 heavy (non-hydrogen) atoms. The molecule has 2 amide bonds. The zero-order valence-electron chi connectivity index (χ0n) is 13.9. The number of rotatable bonds is 2. The topological polar surface area (TPSA) is 102 Å². The Hall–Kier alpha value is -1.86. The molecule has 0 radical (unpaired) electrons. The Morgan fingerprint density at radius 2 is 1.91 bits per heavy atom. The van der Waals surface area contributed by atoms with Crippen molar-refractivity contribution in [2.75, 3.05) is 13.1 Å². The molecule has 0 aliphatic carbocycles. The second-order valence-corrected chi connectivity index (χ2v) is 7.29. The molecule has 130 valence electrons. The fourth-order valence-corrected chi connectivity index (χ4v) is 3.25. The highest BCUT2D eigenvalue weighted by atomic mass is 16.6. The van der Waals surface area contributed by atoms with E-state index in [0.29, 0.717) is 25.9 Å². The van der Waals surface area contributed by atoms with E-state index in [1.165, 1.54) is 0 Å². The van der Waals surface area contributed by atoms with E-state index in [2.05, 4.69) is 5.32 Å². The van der Waals surface area contributed by atoms with Crippen molar-refractivity contribution in [2.24, 2.45) is 5.92 Å². The largest absolute Gasteiger partial charge is 0.444 e. The highest BCUT2D eigenvalue weighted by Crippen LogP contribution is 2.28. The molecule has 0 bridgehead atoms. The average Bonchev–Trinajstić information content (AvgIpc) is 2.45. The maximum atomic E-state index is 12.0. The summed E-state index contributed by atoms with van der Waals surface area (Å²) in [7, 11) is 0. The first-order valence-corrected chi connectivity index (χ1v) is 8.08. The van der Waals surface area contributed by atoms with Crippen LogP contribution in [0.15, 0.2) is 0 Å². The van der Waals surface area contributed by atoms with Gasteiger partial charge in [-0.3, -0.25) is 14.9 Å². The SMILES string of the molecule is CC(C)(C)OC(=O)N1CCC([C@H]2NC(=O)CC[C@H]2[N+](=O)[O-])CC1. The molecule has 2 aliphatic rings. The van der Waals surface area contributed by atoms with Crippen molar-refractivity contribution in [3.63, 3.8) is 0 Å². The lowest BCUT2D eigenvalue weighted by Gasteiger charge is -2.38. The zero-order chi connectivity index (χ0) is 17.2. The maximum absolute atomic E-state index is 12.0. The lowest BCUT2D eigenvalue weighted by molar-refractivity contribution is -0.530. The summed E-state index contributed by atoms with van der Waals surface area (Å²) < 4.78 is 5.34. The van der Waals surface area contributed by atoms with Gasteiger partial charge in [0.2, 0.25) is 11.9 Å². The molecule has 2 aliphatic heterocycles. The van der Waals surface area contributed by atoms with Crippen LogP contribution >= 0.6 is 0 Å². The van der Waals surface area contributed by atoms with Crippen LogP contribution in [0.1, 0.15) is 46.5 Å². The number of hydrogen-bond donors (Lipinski definition) is 1. The van der Waals surface area contributed by atoms with E-state index in [1.54, 1.807) is 4.90 Å². The number of likely N-dealkylation sites (tertiary alicyclic amines) is 1. The van der Waals surface area contributed by atoms with Crippen molar-refractivity contribution < 1.29 is 19.2 Å². The fraction of sp³-hybridized carbons (Fsp3) is 0.867. The van der Waals surface area contributed by atoms with Gasteiger partial charge in [-0.05, 0) is 39.5 Å². The molecule has 2 saturated heterocycles. The van der Waals surface area contributed by atoms with Gasteiger partial charge in [-0.25, -0.2) is 4.79 Å². The molecule has 0 aromatic heterocycles. The lowest BCUT2D eigenvalue weighted by atomic mass is 9.82. The molecule has 0 saturated carbocycles. The van der Waals surface area contributed by atoms with Crippen molar-refractivity contribution >= 4 is 12.0 Å². The van der Waals surface area contributed by atoms with E-state index < -0.39 is 17.7 Å². The monoisotopic (exact) mass is 327 g/mol. The summed E-state index contributed by atoms with van der Waals surface area (Å²) in [5, 5.41) is 14.0. The molecular weight excluding hydrogens is 302 g/mol. The molecule has 2 rings (SSSR count). The first-order chi connectivity index (χ1) is 10.7. The summed E-state index contributed by atoms with van der Waals surface area (Å²) in [6.45, 7) is 6.44. The molecule has 0 spiro atoms. The number of nitrogens with zero attached hydrogens (tertiary/aromatic N) is 2. The summed E-state index contributed by atoms with van der Waals surface area (Å²) in [6.07, 6.45) is 1.41. The number of ether oxygens (including phenoxy) is 1. The molecule has 8 heteroatoms. The molecule has 0 aromatic carbocycles. The quantitative estimate of drug-likeness (QED) is 0.612. The van der Waals surface area contributed by atoms with Gasteiger partial charge in [0, 0.05) is 30.9 Å². The minimum atomic E-state index is -0.731. The van der Waals surface area contributed by atoms with E-state index in [1.807, 2.05) is 20.8 Å².